The van der Waals surface area contributed by atoms with Crippen molar-refractivity contribution in [2.45, 2.75) is 78.7 Å². The number of fused-ring (bicyclic) bond motifs is 4. The average Bonchev–Trinajstić information content (AvgIpc) is 3.56. The molecule has 238 valence electrons. The number of benzene rings is 4. The SMILES string of the molecule is CC(C)(C)c1ccnc(-n2c3ccc(C(C)(C)C)cc3c3ccc(Oc4cccc(-n5c[n+](C(C)(C)C)c6ccccc65)c4)cc32)c1. The first kappa shape index (κ1) is 30.7. The van der Waals surface area contributed by atoms with Gasteiger partial charge in [-0.3, -0.25) is 4.57 Å². The minimum absolute atomic E-state index is 0.00629. The van der Waals surface area contributed by atoms with Crippen LogP contribution in [0.3, 0.4) is 0 Å². The fraction of sp³-hybridized carbons (Fsp3) is 0.286. The van der Waals surface area contributed by atoms with Crippen molar-refractivity contribution < 1.29 is 9.30 Å². The highest BCUT2D eigenvalue weighted by atomic mass is 16.5. The second-order valence-electron chi connectivity index (χ2n) is 15.8. The Morgan fingerprint density at radius 1 is 0.596 bits per heavy atom. The van der Waals surface area contributed by atoms with Gasteiger partial charge in [-0.1, -0.05) is 65.8 Å². The highest BCUT2D eigenvalue weighted by molar-refractivity contribution is 6.09. The van der Waals surface area contributed by atoms with Crippen molar-refractivity contribution >= 4 is 32.8 Å². The first-order chi connectivity index (χ1) is 22.2. The number of pyridine rings is 1. The molecule has 0 saturated carbocycles. The van der Waals surface area contributed by atoms with Crippen LogP contribution in [0, 0.1) is 0 Å². The van der Waals surface area contributed by atoms with Gasteiger partial charge in [-0.05, 0) is 103 Å². The van der Waals surface area contributed by atoms with Crippen LogP contribution >= 0.6 is 0 Å². The molecule has 0 aliphatic rings. The van der Waals surface area contributed by atoms with Gasteiger partial charge in [0.1, 0.15) is 28.5 Å². The zero-order chi connectivity index (χ0) is 33.3. The number of rotatable bonds is 4. The van der Waals surface area contributed by atoms with Gasteiger partial charge in [0.2, 0.25) is 6.33 Å². The summed E-state index contributed by atoms with van der Waals surface area (Å²) in [5.74, 6) is 2.48. The molecule has 0 atom stereocenters. The molecular formula is C42H45N4O+. The van der Waals surface area contributed by atoms with E-state index < -0.39 is 0 Å². The van der Waals surface area contributed by atoms with Crippen LogP contribution in [0.25, 0.3) is 44.3 Å². The van der Waals surface area contributed by atoms with Gasteiger partial charge in [0, 0.05) is 29.1 Å². The number of aromatic nitrogens is 4. The second-order valence-corrected chi connectivity index (χ2v) is 15.8. The lowest BCUT2D eigenvalue weighted by Crippen LogP contribution is -2.49. The summed E-state index contributed by atoms with van der Waals surface area (Å²) >= 11 is 0. The molecule has 0 aliphatic carbocycles. The maximum absolute atomic E-state index is 6.62. The number of nitrogens with zero attached hydrogens (tertiary/aromatic N) is 4. The number of hydrogen-bond acceptors (Lipinski definition) is 2. The molecule has 0 N–H and O–H groups in total. The van der Waals surface area contributed by atoms with Crippen LogP contribution in [-0.2, 0) is 16.4 Å². The van der Waals surface area contributed by atoms with E-state index in [1.165, 1.54) is 27.4 Å². The summed E-state index contributed by atoms with van der Waals surface area (Å²) in [5, 5.41) is 2.40. The summed E-state index contributed by atoms with van der Waals surface area (Å²) < 4.78 is 13.5. The third kappa shape index (κ3) is 5.58. The van der Waals surface area contributed by atoms with E-state index in [1.807, 2.05) is 12.3 Å². The summed E-state index contributed by atoms with van der Waals surface area (Å²) in [5.41, 5.74) is 8.16. The van der Waals surface area contributed by atoms with Gasteiger partial charge < -0.3 is 4.74 Å². The Balaban J connectivity index is 1.35. The smallest absolute Gasteiger partial charge is 0.250 e. The maximum Gasteiger partial charge on any atom is 0.250 e. The summed E-state index contributed by atoms with van der Waals surface area (Å²) in [6, 6.07) is 34.5. The zero-order valence-corrected chi connectivity index (χ0v) is 29.1. The molecule has 3 heterocycles. The predicted octanol–water partition coefficient (Wildman–Crippen LogP) is 10.6. The third-order valence-electron chi connectivity index (χ3n) is 9.13. The van der Waals surface area contributed by atoms with E-state index in [0.717, 1.165) is 39.6 Å². The maximum atomic E-state index is 6.62. The Labute approximate surface area is 278 Å². The molecule has 7 aromatic rings. The Bertz CT molecular complexity index is 2280. The van der Waals surface area contributed by atoms with Gasteiger partial charge >= 0.3 is 0 Å². The molecule has 0 spiro atoms. The van der Waals surface area contributed by atoms with Gasteiger partial charge in [0.25, 0.3) is 0 Å². The molecule has 0 fully saturated rings. The van der Waals surface area contributed by atoms with Crippen molar-refractivity contribution in [2.75, 3.05) is 0 Å². The Morgan fingerprint density at radius 2 is 1.32 bits per heavy atom. The number of para-hydroxylation sites is 2. The van der Waals surface area contributed by atoms with Crippen molar-refractivity contribution in [3.8, 4) is 23.0 Å². The van der Waals surface area contributed by atoms with E-state index in [4.69, 9.17) is 9.72 Å². The molecule has 0 saturated heterocycles. The molecule has 7 rings (SSSR count). The van der Waals surface area contributed by atoms with Gasteiger partial charge in [-0.25, -0.2) is 9.55 Å². The molecule has 0 unspecified atom stereocenters. The lowest BCUT2D eigenvalue weighted by Gasteiger charge is -2.20. The zero-order valence-electron chi connectivity index (χ0n) is 29.1. The van der Waals surface area contributed by atoms with Crippen molar-refractivity contribution in [1.82, 2.24) is 14.1 Å². The van der Waals surface area contributed by atoms with E-state index in [0.29, 0.717) is 0 Å². The number of imidazole rings is 1. The average molecular weight is 622 g/mol. The summed E-state index contributed by atoms with van der Waals surface area (Å²) in [6.07, 6.45) is 4.12. The van der Waals surface area contributed by atoms with Crippen LogP contribution in [0.4, 0.5) is 0 Å². The van der Waals surface area contributed by atoms with Crippen molar-refractivity contribution in [2.24, 2.45) is 0 Å². The highest BCUT2D eigenvalue weighted by Crippen LogP contribution is 2.38. The van der Waals surface area contributed by atoms with Crippen LogP contribution in [0.1, 0.15) is 73.4 Å². The quantitative estimate of drug-likeness (QED) is 0.183. The monoisotopic (exact) mass is 621 g/mol. The Kier molecular flexibility index (Phi) is 7.09. The normalized spacial score (nSPS) is 12.8. The summed E-state index contributed by atoms with van der Waals surface area (Å²) in [4.78, 5) is 4.89. The molecule has 0 amide bonds. The molecule has 4 aromatic carbocycles. The van der Waals surface area contributed by atoms with Crippen LogP contribution in [0.5, 0.6) is 11.5 Å². The molecular weight excluding hydrogens is 576 g/mol. The van der Waals surface area contributed by atoms with E-state index in [9.17, 15) is 0 Å². The van der Waals surface area contributed by atoms with Crippen molar-refractivity contribution in [3.63, 3.8) is 0 Å². The van der Waals surface area contributed by atoms with Crippen molar-refractivity contribution in [1.29, 1.82) is 0 Å². The van der Waals surface area contributed by atoms with E-state index >= 15 is 0 Å². The molecule has 5 nitrogen and oxygen atoms in total. The van der Waals surface area contributed by atoms with Crippen LogP contribution in [0.15, 0.2) is 110 Å². The minimum Gasteiger partial charge on any atom is -0.457 e. The molecule has 0 radical (unpaired) electrons. The second kappa shape index (κ2) is 10.8. The van der Waals surface area contributed by atoms with Gasteiger partial charge in [-0.15, -0.1) is 0 Å². The predicted molar refractivity (Wildman–Crippen MR) is 195 cm³/mol. The fourth-order valence-corrected chi connectivity index (χ4v) is 6.47. The van der Waals surface area contributed by atoms with Crippen LogP contribution < -0.4 is 9.30 Å². The Hall–Kier alpha value is -4.90. The van der Waals surface area contributed by atoms with E-state index in [1.54, 1.807) is 0 Å². The lowest BCUT2D eigenvalue weighted by atomic mass is 9.86. The minimum atomic E-state index is -0.0538. The summed E-state index contributed by atoms with van der Waals surface area (Å²) in [6.45, 7) is 20.2. The topological polar surface area (TPSA) is 35.9 Å². The standard InChI is InChI=1S/C42H45N4O/c1-40(2,3)28-17-20-35-34(23-28)33-19-18-32(26-38(33)46(35)39-24-29(21-22-43-39)41(4,5)6)47-31-14-12-13-30(25-31)44-27-45(42(7,8)9)37-16-11-10-15-36(37)44/h10-27H,1-9H3/q+1. The van der Waals surface area contributed by atoms with Gasteiger partial charge in [0.05, 0.1) is 11.0 Å². The molecule has 5 heteroatoms. The van der Waals surface area contributed by atoms with Gasteiger partial charge in [-0.2, -0.15) is 4.57 Å². The molecule has 0 bridgehead atoms. The fourth-order valence-electron chi connectivity index (χ4n) is 6.47. The van der Waals surface area contributed by atoms with E-state index in [2.05, 4.69) is 173 Å². The highest BCUT2D eigenvalue weighted by Gasteiger charge is 2.26. The molecule has 47 heavy (non-hydrogen) atoms. The van der Waals surface area contributed by atoms with Crippen molar-refractivity contribution in [3.05, 3.63) is 121 Å². The molecule has 3 aromatic heterocycles. The number of hydrogen-bond donors (Lipinski definition) is 0. The largest absolute Gasteiger partial charge is 0.457 e. The van der Waals surface area contributed by atoms with E-state index in [-0.39, 0.29) is 16.4 Å². The first-order valence-corrected chi connectivity index (χ1v) is 16.5. The summed E-state index contributed by atoms with van der Waals surface area (Å²) in [7, 11) is 0. The first-order valence-electron chi connectivity index (χ1n) is 16.5. The van der Waals surface area contributed by atoms with Crippen LogP contribution in [-0.4, -0.2) is 14.1 Å². The number of ether oxygens (including phenoxy) is 1. The third-order valence-corrected chi connectivity index (χ3v) is 9.13. The lowest BCUT2D eigenvalue weighted by molar-refractivity contribution is -0.731. The molecule has 0 aliphatic heterocycles. The Morgan fingerprint density at radius 3 is 2.06 bits per heavy atom. The van der Waals surface area contributed by atoms with Crippen LogP contribution in [0.2, 0.25) is 0 Å². The van der Waals surface area contributed by atoms with Gasteiger partial charge in [0.15, 0.2) is 11.0 Å².